The molecule has 37 heavy (non-hydrogen) atoms. The normalized spacial score (nSPS) is 19.1. The highest BCUT2D eigenvalue weighted by atomic mass is 35.5. The maximum Gasteiger partial charge on any atom is 0.213 e. The summed E-state index contributed by atoms with van der Waals surface area (Å²) < 4.78 is 31.0. The Hall–Kier alpha value is -2.50. The van der Waals surface area contributed by atoms with E-state index in [9.17, 15) is 9.50 Å². The molecule has 2 unspecified atom stereocenters. The quantitative estimate of drug-likeness (QED) is 0.434. The van der Waals surface area contributed by atoms with Gasteiger partial charge in [-0.2, -0.15) is 0 Å². The van der Waals surface area contributed by atoms with Crippen LogP contribution in [0.5, 0.6) is 17.4 Å². The zero-order valence-corrected chi connectivity index (χ0v) is 22.2. The molecule has 2 N–H and O–H groups in total. The van der Waals surface area contributed by atoms with Crippen LogP contribution in [-0.2, 0) is 13.0 Å². The topological polar surface area (TPSA) is 102 Å². The second-order valence-electron chi connectivity index (χ2n) is 8.89. The van der Waals surface area contributed by atoms with E-state index < -0.39 is 0 Å². The van der Waals surface area contributed by atoms with E-state index in [-0.39, 0.29) is 49.2 Å². The van der Waals surface area contributed by atoms with E-state index in [4.69, 9.17) is 14.2 Å². The molecule has 1 fully saturated rings. The van der Waals surface area contributed by atoms with E-state index in [0.717, 1.165) is 31.0 Å². The fourth-order valence-electron chi connectivity index (χ4n) is 4.78. The van der Waals surface area contributed by atoms with Gasteiger partial charge in [0.2, 0.25) is 5.88 Å². The highest BCUT2D eigenvalue weighted by Crippen LogP contribution is 2.29. The third-order valence-electron chi connectivity index (χ3n) is 6.71. The first-order chi connectivity index (χ1) is 17.1. The van der Waals surface area contributed by atoms with E-state index in [1.165, 1.54) is 13.3 Å². The number of nitrogens with one attached hydrogen (secondary N) is 1. The molecule has 0 amide bonds. The van der Waals surface area contributed by atoms with Crippen LogP contribution in [-0.4, -0.2) is 77.6 Å². The second-order valence-corrected chi connectivity index (χ2v) is 8.89. The van der Waals surface area contributed by atoms with Crippen LogP contribution in [0.4, 0.5) is 4.39 Å². The van der Waals surface area contributed by atoms with Crippen molar-refractivity contribution in [3.05, 3.63) is 47.7 Å². The van der Waals surface area contributed by atoms with Crippen molar-refractivity contribution in [3.8, 4) is 17.4 Å². The largest absolute Gasteiger partial charge is 0.486 e. The first-order valence-corrected chi connectivity index (χ1v) is 11.9. The Bertz CT molecular complexity index is 1190. The van der Waals surface area contributed by atoms with Gasteiger partial charge in [-0.05, 0) is 25.5 Å². The average molecular weight is 556 g/mol. The molecule has 12 heteroatoms. The summed E-state index contributed by atoms with van der Waals surface area (Å²) in [5.74, 6) is 1.54. The Kier molecular flexibility index (Phi) is 10.5. The third-order valence-corrected chi connectivity index (χ3v) is 6.71. The monoisotopic (exact) mass is 555 g/mol. The molecule has 0 spiro atoms. The van der Waals surface area contributed by atoms with Gasteiger partial charge in [0.15, 0.2) is 11.5 Å². The minimum atomic E-state index is -0.361. The molecule has 2 aliphatic rings. The molecule has 0 aromatic carbocycles. The number of hydrogen-bond acceptors (Lipinski definition) is 9. The second kappa shape index (κ2) is 13.3. The maximum atomic E-state index is 14.6. The number of aliphatic hydroxyl groups excluding tert-OH is 1. The summed E-state index contributed by atoms with van der Waals surface area (Å²) in [6.07, 6.45) is 4.33. The van der Waals surface area contributed by atoms with Gasteiger partial charge in [-0.1, -0.05) is 0 Å². The number of hydrogen-bond donors (Lipinski definition) is 2. The smallest absolute Gasteiger partial charge is 0.213 e. The Morgan fingerprint density at radius 1 is 1.16 bits per heavy atom. The van der Waals surface area contributed by atoms with Crippen molar-refractivity contribution in [3.63, 3.8) is 0 Å². The molecule has 9 nitrogen and oxygen atoms in total. The molecule has 0 aliphatic carbocycles. The highest BCUT2D eigenvalue weighted by Gasteiger charge is 2.29. The summed E-state index contributed by atoms with van der Waals surface area (Å²) in [5, 5.41) is 13.6. The molecule has 2 atom stereocenters. The molecular formula is C25H32Cl2FN5O4. The van der Waals surface area contributed by atoms with Crippen molar-refractivity contribution in [2.24, 2.45) is 5.92 Å². The Labute approximate surface area is 227 Å². The minimum Gasteiger partial charge on any atom is -0.486 e. The molecule has 0 radical (unpaired) electrons. The number of ether oxygens (including phenoxy) is 3. The van der Waals surface area contributed by atoms with Gasteiger partial charge in [0.1, 0.15) is 19.0 Å². The average Bonchev–Trinajstić information content (AvgIpc) is 2.91. The first kappa shape index (κ1) is 29.1. The zero-order chi connectivity index (χ0) is 24.2. The summed E-state index contributed by atoms with van der Waals surface area (Å²) in [6, 6.07) is 5.58. The molecule has 202 valence electrons. The molecular weight excluding hydrogens is 524 g/mol. The molecule has 5 rings (SSSR count). The van der Waals surface area contributed by atoms with Gasteiger partial charge >= 0.3 is 0 Å². The summed E-state index contributed by atoms with van der Waals surface area (Å²) in [4.78, 5) is 15.3. The number of pyridine rings is 3. The van der Waals surface area contributed by atoms with Gasteiger partial charge in [0.25, 0.3) is 0 Å². The number of fused-ring (bicyclic) bond motifs is 2. The van der Waals surface area contributed by atoms with Crippen LogP contribution in [0.3, 0.4) is 0 Å². The number of methoxy groups -OCH3 is 1. The fraction of sp³-hybridized carbons (Fsp3) is 0.480. The highest BCUT2D eigenvalue weighted by molar-refractivity contribution is 5.85. The number of nitrogens with zero attached hydrogens (tertiary/aromatic N) is 4. The van der Waals surface area contributed by atoms with Crippen LogP contribution in [0.15, 0.2) is 30.6 Å². The summed E-state index contributed by atoms with van der Waals surface area (Å²) in [5.41, 5.74) is 2.59. The molecule has 0 saturated carbocycles. The van der Waals surface area contributed by atoms with Gasteiger partial charge in [0, 0.05) is 55.9 Å². The molecule has 3 aromatic rings. The van der Waals surface area contributed by atoms with Crippen LogP contribution < -0.4 is 19.5 Å². The van der Waals surface area contributed by atoms with Crippen LogP contribution in [0.2, 0.25) is 0 Å². The molecule has 3 aromatic heterocycles. The number of likely N-dealkylation sites (tertiary alicyclic amines) is 1. The number of aromatic nitrogens is 3. The van der Waals surface area contributed by atoms with E-state index in [1.54, 1.807) is 18.3 Å². The van der Waals surface area contributed by atoms with Gasteiger partial charge in [-0.3, -0.25) is 9.97 Å². The number of halogens is 3. The standard InChI is InChI=1S/C25H30FN5O4.2ClH/c1-33-24-3-2-21-25(30-24)18(19(26)12-29-21)4-6-31-7-5-20(16(14-31)15-32)28-11-17-10-22-23(13-27-17)35-9-8-34-22;;/h2-3,10,12-13,16,20,28,32H,4-9,11,14-15H2,1H3;2*1H. The Morgan fingerprint density at radius 3 is 2.76 bits per heavy atom. The molecule has 2 aliphatic heterocycles. The minimum absolute atomic E-state index is 0. The van der Waals surface area contributed by atoms with E-state index >= 15 is 0 Å². The lowest BCUT2D eigenvalue weighted by Gasteiger charge is -2.38. The predicted molar refractivity (Wildman–Crippen MR) is 142 cm³/mol. The summed E-state index contributed by atoms with van der Waals surface area (Å²) in [6.45, 7) is 3.99. The third kappa shape index (κ3) is 6.69. The lowest BCUT2D eigenvalue weighted by Crippen LogP contribution is -2.50. The lowest BCUT2D eigenvalue weighted by molar-refractivity contribution is 0.0896. The lowest BCUT2D eigenvalue weighted by atomic mass is 9.92. The van der Waals surface area contributed by atoms with Crippen LogP contribution in [0, 0.1) is 11.7 Å². The Morgan fingerprint density at radius 2 is 1.97 bits per heavy atom. The molecule has 1 saturated heterocycles. The number of piperidine rings is 1. The van der Waals surface area contributed by atoms with E-state index in [1.807, 2.05) is 6.07 Å². The number of aliphatic hydroxyl groups is 1. The number of rotatable bonds is 8. The van der Waals surface area contributed by atoms with E-state index in [2.05, 4.69) is 25.2 Å². The zero-order valence-electron chi connectivity index (χ0n) is 20.6. The maximum absolute atomic E-state index is 14.6. The van der Waals surface area contributed by atoms with Gasteiger partial charge in [0.05, 0.1) is 36.2 Å². The summed E-state index contributed by atoms with van der Waals surface area (Å²) in [7, 11) is 1.54. The van der Waals surface area contributed by atoms with Crippen LogP contribution in [0.1, 0.15) is 17.7 Å². The van der Waals surface area contributed by atoms with Gasteiger partial charge in [-0.25, -0.2) is 9.37 Å². The van der Waals surface area contributed by atoms with Gasteiger partial charge < -0.3 is 29.5 Å². The summed E-state index contributed by atoms with van der Waals surface area (Å²) >= 11 is 0. The van der Waals surface area contributed by atoms with Crippen molar-refractivity contribution in [1.29, 1.82) is 0 Å². The van der Waals surface area contributed by atoms with Crippen LogP contribution in [0.25, 0.3) is 11.0 Å². The molecule has 5 heterocycles. The fourth-order valence-corrected chi connectivity index (χ4v) is 4.78. The first-order valence-electron chi connectivity index (χ1n) is 11.9. The van der Waals surface area contributed by atoms with Crippen molar-refractivity contribution >= 4 is 35.8 Å². The van der Waals surface area contributed by atoms with Gasteiger partial charge in [-0.15, -0.1) is 24.8 Å². The SMILES string of the molecule is COc1ccc2ncc(F)c(CCN3CCC(NCc4cc5c(cn4)OCCO5)C(CO)C3)c2n1.Cl.Cl. The van der Waals surface area contributed by atoms with Crippen molar-refractivity contribution in [2.75, 3.05) is 46.6 Å². The van der Waals surface area contributed by atoms with Crippen molar-refractivity contribution in [1.82, 2.24) is 25.2 Å². The van der Waals surface area contributed by atoms with Crippen molar-refractivity contribution < 1.29 is 23.7 Å². The Balaban J connectivity index is 0.00000190. The molecule has 0 bridgehead atoms. The predicted octanol–water partition coefficient (Wildman–Crippen LogP) is 2.80. The van der Waals surface area contributed by atoms with E-state index in [0.29, 0.717) is 61.0 Å². The van der Waals surface area contributed by atoms with Crippen LogP contribution >= 0.6 is 24.8 Å². The van der Waals surface area contributed by atoms with Crippen molar-refractivity contribution in [2.45, 2.75) is 25.4 Å².